The van der Waals surface area contributed by atoms with Gasteiger partial charge >= 0.3 is 5.97 Å². The van der Waals surface area contributed by atoms with E-state index in [2.05, 4.69) is 5.32 Å². The number of benzene rings is 3. The van der Waals surface area contributed by atoms with Crippen LogP contribution in [0.1, 0.15) is 90.9 Å². The van der Waals surface area contributed by atoms with Gasteiger partial charge in [0.25, 0.3) is 5.69 Å². The number of aromatic hydroxyl groups is 1. The minimum atomic E-state index is -1.11. The van der Waals surface area contributed by atoms with E-state index in [0.29, 0.717) is 12.1 Å². The Hall–Kier alpha value is -4.79. The average Bonchev–Trinajstić information content (AvgIpc) is 3.20. The summed E-state index contributed by atoms with van der Waals surface area (Å²) in [7, 11) is 0. The molecule has 0 radical (unpaired) electrons. The third kappa shape index (κ3) is 5.74. The van der Waals surface area contributed by atoms with E-state index in [9.17, 15) is 29.6 Å². The van der Waals surface area contributed by atoms with Crippen molar-refractivity contribution in [3.8, 4) is 11.5 Å². The molecule has 2 N–H and O–H groups in total. The van der Waals surface area contributed by atoms with Gasteiger partial charge in [-0.05, 0) is 46.1 Å². The van der Waals surface area contributed by atoms with Crippen LogP contribution in [0.25, 0.3) is 6.08 Å². The molecule has 3 aromatic rings. The number of hydrogen-bond donors (Lipinski definition) is 2. The standard InChI is InChI=1S/C35H36N2O7/c1-34(2,3)24-16-19(17-25(33(24)41)35(4,5)6)10-15-28(38)44-27-9-7-8-20-11-14-26(36-30(20)27)29-31(39)22-13-12-21(37(42)43)18-23(22)32(29)40/h7-9,11-14,16-18,26,29,36,41H,10,15H2,1-6H3. The Bertz CT molecular complexity index is 1710. The fourth-order valence-corrected chi connectivity index (χ4v) is 5.79. The highest BCUT2D eigenvalue weighted by Crippen LogP contribution is 2.41. The van der Waals surface area contributed by atoms with Crippen LogP contribution >= 0.6 is 0 Å². The maximum atomic E-state index is 13.3. The number of para-hydroxylation sites is 1. The SMILES string of the molecule is CC(C)(C)c1cc(CCC(=O)Oc2cccc3c2NC(C2C(=O)c4ccc([N+](=O)[O-])cc4C2=O)C=C3)cc(C(C)(C)C)c1O. The molecule has 2 unspecified atom stereocenters. The average molecular weight is 597 g/mol. The van der Waals surface area contributed by atoms with E-state index in [1.54, 1.807) is 24.3 Å². The van der Waals surface area contributed by atoms with E-state index in [-0.39, 0.29) is 45.6 Å². The number of nitro benzene ring substituents is 1. The number of nitrogens with zero attached hydrogens (tertiary/aromatic N) is 1. The molecule has 2 atom stereocenters. The van der Waals surface area contributed by atoms with Gasteiger partial charge in [0, 0.05) is 35.2 Å². The lowest BCUT2D eigenvalue weighted by Gasteiger charge is -2.28. The number of carbonyl (C=O) groups excluding carboxylic acids is 3. The van der Waals surface area contributed by atoms with Crippen LogP contribution in [0.3, 0.4) is 0 Å². The van der Waals surface area contributed by atoms with E-state index < -0.39 is 34.4 Å². The molecule has 2 aliphatic rings. The van der Waals surface area contributed by atoms with Gasteiger partial charge in [0.1, 0.15) is 11.7 Å². The zero-order chi connectivity index (χ0) is 32.1. The third-order valence-electron chi connectivity index (χ3n) is 8.15. The van der Waals surface area contributed by atoms with E-state index in [1.165, 1.54) is 12.1 Å². The van der Waals surface area contributed by atoms with Crippen molar-refractivity contribution < 1.29 is 29.2 Å². The minimum Gasteiger partial charge on any atom is -0.507 e. The summed E-state index contributed by atoms with van der Waals surface area (Å²) in [6.45, 7) is 12.2. The number of Topliss-reactive ketones (excluding diaryl/α,β-unsaturated/α-hetero) is 2. The van der Waals surface area contributed by atoms with Crippen LogP contribution in [0.2, 0.25) is 0 Å². The monoisotopic (exact) mass is 596 g/mol. The van der Waals surface area contributed by atoms with Crippen LogP contribution in [0, 0.1) is 16.0 Å². The summed E-state index contributed by atoms with van der Waals surface area (Å²) in [4.78, 5) is 50.2. The highest BCUT2D eigenvalue weighted by Gasteiger charge is 2.44. The summed E-state index contributed by atoms with van der Waals surface area (Å²) in [5.41, 5.74) is 3.11. The van der Waals surface area contributed by atoms with Crippen molar-refractivity contribution in [1.29, 1.82) is 0 Å². The van der Waals surface area contributed by atoms with Gasteiger partial charge in [-0.2, -0.15) is 0 Å². The predicted octanol–water partition coefficient (Wildman–Crippen LogP) is 6.94. The van der Waals surface area contributed by atoms with Crippen LogP contribution in [-0.2, 0) is 22.0 Å². The molecule has 1 heterocycles. The molecule has 0 saturated carbocycles. The van der Waals surface area contributed by atoms with Crippen LogP contribution in [-0.4, -0.2) is 33.6 Å². The number of rotatable bonds is 6. The molecule has 0 aromatic heterocycles. The lowest BCUT2D eigenvalue weighted by molar-refractivity contribution is -0.384. The molecule has 0 fully saturated rings. The molecule has 1 aliphatic heterocycles. The molecular formula is C35H36N2O7. The molecule has 0 amide bonds. The van der Waals surface area contributed by atoms with Crippen molar-refractivity contribution >= 4 is 35.0 Å². The lowest BCUT2D eigenvalue weighted by atomic mass is 9.78. The number of nitro groups is 1. The van der Waals surface area contributed by atoms with Gasteiger partial charge in [0.15, 0.2) is 17.3 Å². The summed E-state index contributed by atoms with van der Waals surface area (Å²) in [6.07, 6.45) is 3.97. The second-order valence-electron chi connectivity index (χ2n) is 13.5. The Morgan fingerprint density at radius 3 is 2.20 bits per heavy atom. The number of ketones is 2. The number of phenolic OH excluding ortho intramolecular Hbond substituents is 1. The topological polar surface area (TPSA) is 136 Å². The summed E-state index contributed by atoms with van der Waals surface area (Å²) in [5.74, 6) is -1.93. The number of phenols is 1. The highest BCUT2D eigenvalue weighted by molar-refractivity contribution is 6.27. The number of anilines is 1. The first kappa shape index (κ1) is 30.7. The van der Waals surface area contributed by atoms with Gasteiger partial charge in [0.2, 0.25) is 0 Å². The molecule has 228 valence electrons. The van der Waals surface area contributed by atoms with Crippen molar-refractivity contribution in [3.05, 3.63) is 98.1 Å². The van der Waals surface area contributed by atoms with Crippen LogP contribution in [0.5, 0.6) is 11.5 Å². The number of non-ortho nitro benzene ring substituents is 1. The second kappa shape index (κ2) is 11.0. The number of nitrogens with one attached hydrogen (secondary N) is 1. The maximum Gasteiger partial charge on any atom is 0.311 e. The molecular weight excluding hydrogens is 560 g/mol. The van der Waals surface area contributed by atoms with Gasteiger partial charge in [-0.3, -0.25) is 24.5 Å². The van der Waals surface area contributed by atoms with Crippen LogP contribution < -0.4 is 10.1 Å². The summed E-state index contributed by atoms with van der Waals surface area (Å²) in [6, 6.07) is 12.1. The van der Waals surface area contributed by atoms with E-state index in [0.717, 1.165) is 28.3 Å². The lowest BCUT2D eigenvalue weighted by Crippen LogP contribution is -2.36. The van der Waals surface area contributed by atoms with Gasteiger partial charge < -0.3 is 15.2 Å². The number of hydrogen-bond acceptors (Lipinski definition) is 8. The Morgan fingerprint density at radius 1 is 0.955 bits per heavy atom. The molecule has 0 bridgehead atoms. The first-order chi connectivity index (χ1) is 20.6. The Kier molecular flexibility index (Phi) is 7.70. The zero-order valence-electron chi connectivity index (χ0n) is 25.7. The Morgan fingerprint density at radius 2 is 1.59 bits per heavy atom. The molecule has 9 heteroatoms. The van der Waals surface area contributed by atoms with Crippen molar-refractivity contribution in [2.45, 2.75) is 71.3 Å². The molecule has 3 aromatic carbocycles. The van der Waals surface area contributed by atoms with E-state index in [4.69, 9.17) is 4.74 Å². The summed E-state index contributed by atoms with van der Waals surface area (Å²) in [5, 5.41) is 25.4. The second-order valence-corrected chi connectivity index (χ2v) is 13.5. The maximum absolute atomic E-state index is 13.3. The smallest absolute Gasteiger partial charge is 0.311 e. The molecule has 0 spiro atoms. The molecule has 0 saturated heterocycles. The normalized spacial score (nSPS) is 17.6. The van der Waals surface area contributed by atoms with Crippen LogP contribution in [0.15, 0.2) is 54.6 Å². The van der Waals surface area contributed by atoms with Crippen LogP contribution in [0.4, 0.5) is 11.4 Å². The summed E-state index contributed by atoms with van der Waals surface area (Å²) >= 11 is 0. The fraction of sp³-hybridized carbons (Fsp3) is 0.343. The van der Waals surface area contributed by atoms with Crippen molar-refractivity contribution in [2.75, 3.05) is 5.32 Å². The largest absolute Gasteiger partial charge is 0.507 e. The van der Waals surface area contributed by atoms with Crippen molar-refractivity contribution in [3.63, 3.8) is 0 Å². The third-order valence-corrected chi connectivity index (χ3v) is 8.15. The number of esters is 1. The minimum absolute atomic E-state index is 0.0355. The number of fused-ring (bicyclic) bond motifs is 2. The molecule has 9 nitrogen and oxygen atoms in total. The van der Waals surface area contributed by atoms with Crippen molar-refractivity contribution in [2.24, 2.45) is 5.92 Å². The fourth-order valence-electron chi connectivity index (χ4n) is 5.79. The number of ether oxygens (including phenoxy) is 1. The highest BCUT2D eigenvalue weighted by atomic mass is 16.6. The quantitative estimate of drug-likeness (QED) is 0.103. The van der Waals surface area contributed by atoms with Crippen molar-refractivity contribution in [1.82, 2.24) is 0 Å². The van der Waals surface area contributed by atoms with Gasteiger partial charge in [0.05, 0.1) is 16.7 Å². The Labute approximate surface area is 256 Å². The van der Waals surface area contributed by atoms with E-state index >= 15 is 0 Å². The van der Waals surface area contributed by atoms with Gasteiger partial charge in [-0.15, -0.1) is 0 Å². The summed E-state index contributed by atoms with van der Waals surface area (Å²) < 4.78 is 5.79. The first-order valence-electron chi connectivity index (χ1n) is 14.6. The van der Waals surface area contributed by atoms with Gasteiger partial charge in [-0.25, -0.2) is 0 Å². The molecule has 5 rings (SSSR count). The van der Waals surface area contributed by atoms with Gasteiger partial charge in [-0.1, -0.05) is 78.0 Å². The number of carbonyl (C=O) groups is 3. The first-order valence-corrected chi connectivity index (χ1v) is 14.6. The Balaban J connectivity index is 1.33. The zero-order valence-corrected chi connectivity index (χ0v) is 25.7. The molecule has 1 aliphatic carbocycles. The van der Waals surface area contributed by atoms with E-state index in [1.807, 2.05) is 59.7 Å². The molecule has 44 heavy (non-hydrogen) atoms. The predicted molar refractivity (Wildman–Crippen MR) is 168 cm³/mol. The number of aryl methyl sites for hydroxylation is 1.